The first kappa shape index (κ1) is 14.5. The first-order valence-corrected chi connectivity index (χ1v) is 7.19. The van der Waals surface area contributed by atoms with Gasteiger partial charge in [0, 0.05) is 24.3 Å². The molecule has 6 heteroatoms. The minimum atomic E-state index is -0.229. The van der Waals surface area contributed by atoms with Crippen molar-refractivity contribution in [3.63, 3.8) is 0 Å². The fourth-order valence-electron chi connectivity index (χ4n) is 2.44. The lowest BCUT2D eigenvalue weighted by Gasteiger charge is -2.14. The number of hydrogen-bond acceptors (Lipinski definition) is 3. The summed E-state index contributed by atoms with van der Waals surface area (Å²) in [4.78, 5) is 12.1. The highest BCUT2D eigenvalue weighted by Gasteiger charge is 2.10. The Morgan fingerprint density at radius 2 is 2.00 bits per heavy atom. The summed E-state index contributed by atoms with van der Waals surface area (Å²) < 4.78 is 16.6. The monoisotopic (exact) mass is 300 g/mol. The predicted molar refractivity (Wildman–Crippen MR) is 82.3 cm³/mol. The van der Waals surface area contributed by atoms with E-state index in [0.29, 0.717) is 24.3 Å². The van der Waals surface area contributed by atoms with Gasteiger partial charge in [0.15, 0.2) is 5.65 Å². The average Bonchev–Trinajstić information content (AvgIpc) is 2.84. The van der Waals surface area contributed by atoms with E-state index in [4.69, 9.17) is 0 Å². The Morgan fingerprint density at radius 3 is 2.77 bits per heavy atom. The standard InChI is InChI=1S/C16H17FN4O/c1-12(13-6-2-3-7-14(13)17)18-9-11-21-16(22)20-10-5-4-8-15(20)19-21/h2-8,10,12,18H,9,11H2,1H3/t12-/m0/s1. The number of hydrogen-bond donors (Lipinski definition) is 1. The van der Waals surface area contributed by atoms with Gasteiger partial charge < -0.3 is 5.32 Å². The summed E-state index contributed by atoms with van der Waals surface area (Å²) in [5.41, 5.74) is 1.07. The lowest BCUT2D eigenvalue weighted by Crippen LogP contribution is -2.29. The summed E-state index contributed by atoms with van der Waals surface area (Å²) in [6.07, 6.45) is 1.69. The molecule has 0 fully saturated rings. The SMILES string of the molecule is C[C@H](NCCn1nc2ccccn2c1=O)c1ccccc1F. The third-order valence-electron chi connectivity index (χ3n) is 3.63. The van der Waals surface area contributed by atoms with Gasteiger partial charge in [-0.2, -0.15) is 0 Å². The van der Waals surface area contributed by atoms with E-state index >= 15 is 0 Å². The van der Waals surface area contributed by atoms with Crippen LogP contribution in [0, 0.1) is 5.82 Å². The predicted octanol–water partition coefficient (Wildman–Crippen LogP) is 1.99. The second-order valence-electron chi connectivity index (χ2n) is 5.13. The largest absolute Gasteiger partial charge is 0.350 e. The molecular weight excluding hydrogens is 283 g/mol. The highest BCUT2D eigenvalue weighted by Crippen LogP contribution is 2.15. The van der Waals surface area contributed by atoms with Crippen molar-refractivity contribution in [2.75, 3.05) is 6.54 Å². The second kappa shape index (κ2) is 6.11. The summed E-state index contributed by atoms with van der Waals surface area (Å²) in [6, 6.07) is 12.0. The Hall–Kier alpha value is -2.47. The maximum atomic E-state index is 13.7. The van der Waals surface area contributed by atoms with E-state index in [1.165, 1.54) is 15.1 Å². The molecule has 1 atom stereocenters. The number of benzene rings is 1. The second-order valence-corrected chi connectivity index (χ2v) is 5.13. The molecule has 3 rings (SSSR count). The molecule has 0 bridgehead atoms. The molecule has 0 spiro atoms. The van der Waals surface area contributed by atoms with Gasteiger partial charge in [0.2, 0.25) is 0 Å². The summed E-state index contributed by atoms with van der Waals surface area (Å²) in [7, 11) is 0. The molecule has 0 radical (unpaired) electrons. The van der Waals surface area contributed by atoms with E-state index in [2.05, 4.69) is 10.4 Å². The van der Waals surface area contributed by atoms with Gasteiger partial charge in [-0.1, -0.05) is 24.3 Å². The van der Waals surface area contributed by atoms with Gasteiger partial charge in [-0.25, -0.2) is 13.9 Å². The van der Waals surface area contributed by atoms with Crippen LogP contribution in [0.25, 0.3) is 5.65 Å². The topological polar surface area (TPSA) is 51.3 Å². The quantitative estimate of drug-likeness (QED) is 0.784. The van der Waals surface area contributed by atoms with Crippen LogP contribution in [-0.2, 0) is 6.54 Å². The van der Waals surface area contributed by atoms with Crippen LogP contribution in [0.2, 0.25) is 0 Å². The molecule has 2 aromatic heterocycles. The minimum absolute atomic E-state index is 0.131. The summed E-state index contributed by atoms with van der Waals surface area (Å²) in [5, 5.41) is 7.46. The maximum absolute atomic E-state index is 13.7. The Kier molecular flexibility index (Phi) is 4.02. The van der Waals surface area contributed by atoms with Crippen molar-refractivity contribution in [2.24, 2.45) is 0 Å². The van der Waals surface area contributed by atoms with Gasteiger partial charge in [-0.3, -0.25) is 4.40 Å². The van der Waals surface area contributed by atoms with Crippen molar-refractivity contribution in [1.29, 1.82) is 0 Å². The number of halogens is 1. The molecule has 0 aliphatic carbocycles. The Bertz CT molecular complexity index is 839. The molecule has 0 amide bonds. The zero-order valence-electron chi connectivity index (χ0n) is 12.2. The molecule has 2 heterocycles. The molecule has 0 aliphatic rings. The average molecular weight is 300 g/mol. The van der Waals surface area contributed by atoms with E-state index in [0.717, 1.165) is 0 Å². The normalized spacial score (nSPS) is 12.6. The number of pyridine rings is 1. The van der Waals surface area contributed by atoms with Crippen molar-refractivity contribution in [2.45, 2.75) is 19.5 Å². The molecule has 114 valence electrons. The van der Waals surface area contributed by atoms with Gasteiger partial charge >= 0.3 is 5.69 Å². The van der Waals surface area contributed by atoms with E-state index < -0.39 is 0 Å². The van der Waals surface area contributed by atoms with Gasteiger partial charge in [0.25, 0.3) is 0 Å². The first-order chi connectivity index (χ1) is 10.7. The molecular formula is C16H17FN4O. The smallest absolute Gasteiger partial charge is 0.308 e. The Balaban J connectivity index is 1.66. The maximum Gasteiger partial charge on any atom is 0.350 e. The van der Waals surface area contributed by atoms with Crippen LogP contribution in [0.3, 0.4) is 0 Å². The van der Waals surface area contributed by atoms with Gasteiger partial charge in [-0.05, 0) is 25.1 Å². The summed E-state index contributed by atoms with van der Waals surface area (Å²) in [6.45, 7) is 2.85. The van der Waals surface area contributed by atoms with E-state index in [9.17, 15) is 9.18 Å². The van der Waals surface area contributed by atoms with Crippen LogP contribution in [0.5, 0.6) is 0 Å². The molecule has 0 aliphatic heterocycles. The van der Waals surface area contributed by atoms with Crippen LogP contribution in [0.1, 0.15) is 18.5 Å². The number of fused-ring (bicyclic) bond motifs is 1. The lowest BCUT2D eigenvalue weighted by atomic mass is 10.1. The van der Waals surface area contributed by atoms with Crippen molar-refractivity contribution < 1.29 is 4.39 Å². The van der Waals surface area contributed by atoms with Crippen molar-refractivity contribution in [3.8, 4) is 0 Å². The number of nitrogens with one attached hydrogen (secondary N) is 1. The van der Waals surface area contributed by atoms with Crippen LogP contribution in [-0.4, -0.2) is 20.7 Å². The zero-order chi connectivity index (χ0) is 15.5. The van der Waals surface area contributed by atoms with E-state index in [1.54, 1.807) is 30.5 Å². The molecule has 22 heavy (non-hydrogen) atoms. The van der Waals surface area contributed by atoms with Crippen LogP contribution >= 0.6 is 0 Å². The van der Waals surface area contributed by atoms with E-state index in [-0.39, 0.29) is 17.5 Å². The zero-order valence-corrected chi connectivity index (χ0v) is 12.2. The summed E-state index contributed by atoms with van der Waals surface area (Å²) >= 11 is 0. The van der Waals surface area contributed by atoms with Gasteiger partial charge in [0.05, 0.1) is 6.54 Å². The van der Waals surface area contributed by atoms with E-state index in [1.807, 2.05) is 19.1 Å². The Morgan fingerprint density at radius 1 is 1.23 bits per heavy atom. The van der Waals surface area contributed by atoms with Crippen LogP contribution in [0.4, 0.5) is 4.39 Å². The van der Waals surface area contributed by atoms with Crippen LogP contribution < -0.4 is 11.0 Å². The fraction of sp³-hybridized carbons (Fsp3) is 0.250. The van der Waals surface area contributed by atoms with Gasteiger partial charge in [-0.15, -0.1) is 5.10 Å². The molecule has 1 aromatic carbocycles. The molecule has 5 nitrogen and oxygen atoms in total. The van der Waals surface area contributed by atoms with Crippen LogP contribution in [0.15, 0.2) is 53.5 Å². The third-order valence-corrected chi connectivity index (χ3v) is 3.63. The first-order valence-electron chi connectivity index (χ1n) is 7.19. The van der Waals surface area contributed by atoms with Crippen molar-refractivity contribution >= 4 is 5.65 Å². The molecule has 0 unspecified atom stereocenters. The highest BCUT2D eigenvalue weighted by molar-refractivity contribution is 5.35. The highest BCUT2D eigenvalue weighted by atomic mass is 19.1. The fourth-order valence-corrected chi connectivity index (χ4v) is 2.44. The number of aromatic nitrogens is 3. The molecule has 3 aromatic rings. The molecule has 0 saturated heterocycles. The van der Waals surface area contributed by atoms with Gasteiger partial charge in [0.1, 0.15) is 5.82 Å². The molecule has 0 saturated carbocycles. The number of rotatable bonds is 5. The molecule has 1 N–H and O–H groups in total. The third kappa shape index (κ3) is 2.78. The Labute approximate surface area is 127 Å². The van der Waals surface area contributed by atoms with Crippen molar-refractivity contribution in [3.05, 3.63) is 70.5 Å². The number of nitrogens with zero attached hydrogens (tertiary/aromatic N) is 3. The summed E-state index contributed by atoms with van der Waals surface area (Å²) in [5.74, 6) is -0.229. The van der Waals surface area contributed by atoms with Crippen molar-refractivity contribution in [1.82, 2.24) is 19.5 Å². The minimum Gasteiger partial charge on any atom is -0.308 e. The lowest BCUT2D eigenvalue weighted by molar-refractivity contribution is 0.483.